The highest BCUT2D eigenvalue weighted by molar-refractivity contribution is 4.65. The highest BCUT2D eigenvalue weighted by Gasteiger charge is 2.19. The van der Waals surface area contributed by atoms with Crippen LogP contribution in [0.4, 0.5) is 17.6 Å². The smallest absolute Gasteiger partial charge is 0.159 e. The number of hydrogen-bond donors (Lipinski definition) is 0. The molecule has 0 aromatic rings. The first kappa shape index (κ1) is 8.72. The van der Waals surface area contributed by atoms with Gasteiger partial charge in [-0.3, -0.25) is 4.39 Å². The zero-order chi connectivity index (χ0) is 7.28. The standard InChI is InChI=1S/C5H8F4/c6-2-1-4(8)5(9)3-7/h4-5H,1-3H2. The lowest BCUT2D eigenvalue weighted by molar-refractivity contribution is 0.123. The number of halogens is 4. The zero-order valence-corrected chi connectivity index (χ0v) is 4.79. The second-order valence-corrected chi connectivity index (χ2v) is 1.66. The number of rotatable bonds is 4. The van der Waals surface area contributed by atoms with E-state index in [4.69, 9.17) is 0 Å². The number of hydrogen-bond acceptors (Lipinski definition) is 0. The Labute approximate surface area is 50.9 Å². The summed E-state index contributed by atoms with van der Waals surface area (Å²) < 4.78 is 46.2. The molecule has 0 heterocycles. The van der Waals surface area contributed by atoms with Crippen LogP contribution in [0.1, 0.15) is 6.42 Å². The van der Waals surface area contributed by atoms with Crippen molar-refractivity contribution in [2.45, 2.75) is 18.8 Å². The van der Waals surface area contributed by atoms with Crippen LogP contribution in [-0.4, -0.2) is 25.7 Å². The molecule has 0 N–H and O–H groups in total. The largest absolute Gasteiger partial charge is 0.251 e. The first-order valence-electron chi connectivity index (χ1n) is 2.62. The fourth-order valence-corrected chi connectivity index (χ4v) is 0.382. The van der Waals surface area contributed by atoms with Crippen molar-refractivity contribution >= 4 is 0 Å². The highest BCUT2D eigenvalue weighted by atomic mass is 19.2. The first-order chi connectivity index (χ1) is 4.22. The van der Waals surface area contributed by atoms with E-state index in [1.165, 1.54) is 0 Å². The molecule has 0 saturated heterocycles. The van der Waals surface area contributed by atoms with Gasteiger partial charge in [0.15, 0.2) is 6.17 Å². The molecule has 0 nitrogen and oxygen atoms in total. The third-order valence-corrected chi connectivity index (χ3v) is 0.925. The summed E-state index contributed by atoms with van der Waals surface area (Å²) in [5, 5.41) is 0. The van der Waals surface area contributed by atoms with Gasteiger partial charge in [0.05, 0.1) is 6.67 Å². The molecule has 0 spiro atoms. The number of alkyl halides is 4. The fourth-order valence-electron chi connectivity index (χ4n) is 0.382. The summed E-state index contributed by atoms with van der Waals surface area (Å²) in [6.45, 7) is -2.32. The molecule has 2 unspecified atom stereocenters. The highest BCUT2D eigenvalue weighted by Crippen LogP contribution is 2.08. The summed E-state index contributed by atoms with van der Waals surface area (Å²) >= 11 is 0. The van der Waals surface area contributed by atoms with Gasteiger partial charge >= 0.3 is 0 Å². The Morgan fingerprint density at radius 1 is 1.00 bits per heavy atom. The maximum atomic E-state index is 11.9. The van der Waals surface area contributed by atoms with E-state index < -0.39 is 32.1 Å². The third kappa shape index (κ3) is 3.32. The Morgan fingerprint density at radius 2 is 1.56 bits per heavy atom. The molecule has 0 aliphatic carbocycles. The van der Waals surface area contributed by atoms with Crippen LogP contribution in [0.3, 0.4) is 0 Å². The van der Waals surface area contributed by atoms with Crippen molar-refractivity contribution in [2.75, 3.05) is 13.3 Å². The quantitative estimate of drug-likeness (QED) is 0.529. The van der Waals surface area contributed by atoms with Gasteiger partial charge < -0.3 is 0 Å². The van der Waals surface area contributed by atoms with Crippen LogP contribution < -0.4 is 0 Å². The molecular formula is C5H8F4. The molecule has 0 radical (unpaired) electrons. The molecule has 0 aromatic carbocycles. The van der Waals surface area contributed by atoms with Gasteiger partial charge in [0.25, 0.3) is 0 Å². The molecule has 0 fully saturated rings. The topological polar surface area (TPSA) is 0 Å². The minimum absolute atomic E-state index is 0.551. The summed E-state index contributed by atoms with van der Waals surface area (Å²) in [5.41, 5.74) is 0. The van der Waals surface area contributed by atoms with Crippen LogP contribution in [0.25, 0.3) is 0 Å². The van der Waals surface area contributed by atoms with Crippen molar-refractivity contribution in [3.63, 3.8) is 0 Å². The molecule has 0 aliphatic heterocycles. The second-order valence-electron chi connectivity index (χ2n) is 1.66. The molecule has 4 heteroatoms. The minimum atomic E-state index is -2.15. The SMILES string of the molecule is FCCC(F)C(F)CF. The summed E-state index contributed by atoms with van der Waals surface area (Å²) in [6.07, 6.45) is -4.69. The van der Waals surface area contributed by atoms with Crippen LogP contribution >= 0.6 is 0 Å². The normalized spacial score (nSPS) is 17.3. The van der Waals surface area contributed by atoms with Crippen LogP contribution in [0, 0.1) is 0 Å². The maximum Gasteiger partial charge on any atom is 0.159 e. The third-order valence-electron chi connectivity index (χ3n) is 0.925. The van der Waals surface area contributed by atoms with Crippen LogP contribution in [0.2, 0.25) is 0 Å². The summed E-state index contributed by atoms with van der Waals surface area (Å²) in [7, 11) is 0. The van der Waals surface area contributed by atoms with E-state index in [0.717, 1.165) is 0 Å². The Hall–Kier alpha value is -0.280. The van der Waals surface area contributed by atoms with E-state index in [-0.39, 0.29) is 0 Å². The predicted octanol–water partition coefficient (Wildman–Crippen LogP) is 1.99. The summed E-state index contributed by atoms with van der Waals surface area (Å²) in [5.74, 6) is 0. The van der Waals surface area contributed by atoms with Crippen molar-refractivity contribution in [3.8, 4) is 0 Å². The van der Waals surface area contributed by atoms with Gasteiger partial charge in [-0.15, -0.1) is 0 Å². The second kappa shape index (κ2) is 4.58. The van der Waals surface area contributed by atoms with E-state index in [2.05, 4.69) is 0 Å². The first-order valence-corrected chi connectivity index (χ1v) is 2.62. The van der Waals surface area contributed by atoms with E-state index in [9.17, 15) is 17.6 Å². The van der Waals surface area contributed by atoms with Crippen molar-refractivity contribution < 1.29 is 17.6 Å². The van der Waals surface area contributed by atoms with E-state index >= 15 is 0 Å². The van der Waals surface area contributed by atoms with E-state index in [1.54, 1.807) is 0 Å². The van der Waals surface area contributed by atoms with Gasteiger partial charge in [0.2, 0.25) is 0 Å². The monoisotopic (exact) mass is 144 g/mol. The van der Waals surface area contributed by atoms with E-state index in [1.807, 2.05) is 0 Å². The molecule has 0 aromatic heterocycles. The minimum Gasteiger partial charge on any atom is -0.251 e. The molecule has 9 heavy (non-hydrogen) atoms. The van der Waals surface area contributed by atoms with Crippen LogP contribution in [-0.2, 0) is 0 Å². The lowest BCUT2D eigenvalue weighted by Gasteiger charge is -2.06. The van der Waals surface area contributed by atoms with Gasteiger partial charge in [-0.1, -0.05) is 0 Å². The Morgan fingerprint density at radius 3 is 1.89 bits per heavy atom. The Balaban J connectivity index is 3.32. The molecule has 0 amide bonds. The summed E-state index contributed by atoms with van der Waals surface area (Å²) in [4.78, 5) is 0. The molecular weight excluding hydrogens is 136 g/mol. The average Bonchev–Trinajstić information content (AvgIpc) is 1.87. The van der Waals surface area contributed by atoms with Crippen molar-refractivity contribution in [1.29, 1.82) is 0 Å². The average molecular weight is 144 g/mol. The van der Waals surface area contributed by atoms with Crippen LogP contribution in [0.5, 0.6) is 0 Å². The van der Waals surface area contributed by atoms with E-state index in [0.29, 0.717) is 0 Å². The van der Waals surface area contributed by atoms with Crippen molar-refractivity contribution in [1.82, 2.24) is 0 Å². The zero-order valence-electron chi connectivity index (χ0n) is 4.79. The van der Waals surface area contributed by atoms with Gasteiger partial charge in [-0.05, 0) is 0 Å². The molecule has 56 valence electrons. The molecule has 0 saturated carbocycles. The molecule has 0 rings (SSSR count). The Kier molecular flexibility index (Phi) is 4.44. The van der Waals surface area contributed by atoms with Gasteiger partial charge in [0.1, 0.15) is 12.8 Å². The lowest BCUT2D eigenvalue weighted by Crippen LogP contribution is -2.19. The molecule has 0 aliphatic rings. The maximum absolute atomic E-state index is 11.9. The van der Waals surface area contributed by atoms with Gasteiger partial charge in [-0.2, -0.15) is 0 Å². The van der Waals surface area contributed by atoms with Crippen molar-refractivity contribution in [3.05, 3.63) is 0 Å². The Bertz CT molecular complexity index is 66.0. The summed E-state index contributed by atoms with van der Waals surface area (Å²) in [6, 6.07) is 0. The molecule has 0 bridgehead atoms. The van der Waals surface area contributed by atoms with Gasteiger partial charge in [0, 0.05) is 6.42 Å². The fraction of sp³-hybridized carbons (Fsp3) is 1.00. The predicted molar refractivity (Wildman–Crippen MR) is 26.4 cm³/mol. The van der Waals surface area contributed by atoms with Crippen LogP contribution in [0.15, 0.2) is 0 Å². The molecule has 2 atom stereocenters. The lowest BCUT2D eigenvalue weighted by atomic mass is 10.2. The van der Waals surface area contributed by atoms with Gasteiger partial charge in [-0.25, -0.2) is 13.2 Å². The van der Waals surface area contributed by atoms with Crippen molar-refractivity contribution in [2.24, 2.45) is 0 Å².